The summed E-state index contributed by atoms with van der Waals surface area (Å²) >= 11 is 0. The zero-order valence-electron chi connectivity index (χ0n) is 15.6. The molecule has 0 unspecified atom stereocenters. The van der Waals surface area contributed by atoms with Gasteiger partial charge in [-0.25, -0.2) is 0 Å². The minimum absolute atomic E-state index is 0.0742. The third-order valence-electron chi connectivity index (χ3n) is 4.57. The minimum atomic E-state index is -0.462. The molecule has 1 atom stereocenters. The molecule has 7 nitrogen and oxygen atoms in total. The highest BCUT2D eigenvalue weighted by atomic mass is 16.2. The lowest BCUT2D eigenvalue weighted by atomic mass is 10.1. The van der Waals surface area contributed by atoms with Gasteiger partial charge >= 0.3 is 0 Å². The molecule has 0 bridgehead atoms. The van der Waals surface area contributed by atoms with Crippen LogP contribution in [0.4, 0.5) is 11.4 Å². The highest BCUT2D eigenvalue weighted by Gasteiger charge is 2.24. The van der Waals surface area contributed by atoms with Crippen LogP contribution in [0.25, 0.3) is 0 Å². The van der Waals surface area contributed by atoms with Gasteiger partial charge in [0.1, 0.15) is 6.04 Å². The highest BCUT2D eigenvalue weighted by Crippen LogP contribution is 2.21. The van der Waals surface area contributed by atoms with Gasteiger partial charge in [0, 0.05) is 24.3 Å². The molecule has 0 saturated heterocycles. The second-order valence-corrected chi connectivity index (χ2v) is 6.85. The minimum Gasteiger partial charge on any atom is -0.374 e. The number of carbonyl (C=O) groups is 2. The van der Waals surface area contributed by atoms with E-state index in [0.29, 0.717) is 11.6 Å². The van der Waals surface area contributed by atoms with E-state index in [1.54, 1.807) is 23.7 Å². The van der Waals surface area contributed by atoms with Crippen LogP contribution in [0.5, 0.6) is 0 Å². The molecule has 1 fully saturated rings. The molecule has 1 aromatic heterocycles. The van der Waals surface area contributed by atoms with Crippen LogP contribution in [0, 0.1) is 13.8 Å². The predicted molar refractivity (Wildman–Crippen MR) is 101 cm³/mol. The van der Waals surface area contributed by atoms with Crippen LogP contribution in [0.3, 0.4) is 0 Å². The summed E-state index contributed by atoms with van der Waals surface area (Å²) in [6.45, 7) is 5.56. The van der Waals surface area contributed by atoms with E-state index in [4.69, 9.17) is 0 Å². The van der Waals surface area contributed by atoms with Crippen LogP contribution in [-0.2, 0) is 11.8 Å². The Labute approximate surface area is 153 Å². The van der Waals surface area contributed by atoms with Gasteiger partial charge < -0.3 is 16.0 Å². The number of nitrogens with one attached hydrogen (secondary N) is 3. The van der Waals surface area contributed by atoms with Crippen molar-refractivity contribution in [3.05, 3.63) is 41.2 Å². The molecule has 0 radical (unpaired) electrons. The molecule has 138 valence electrons. The first-order valence-electron chi connectivity index (χ1n) is 8.83. The molecular formula is C19H25N5O2. The third-order valence-corrected chi connectivity index (χ3v) is 4.57. The lowest BCUT2D eigenvalue weighted by Crippen LogP contribution is -2.32. The van der Waals surface area contributed by atoms with Crippen molar-refractivity contribution in [2.75, 3.05) is 10.6 Å². The lowest BCUT2D eigenvalue weighted by molar-refractivity contribution is -0.116. The first kappa shape index (κ1) is 18.0. The normalized spacial score (nSPS) is 14.6. The van der Waals surface area contributed by atoms with E-state index in [-0.39, 0.29) is 11.8 Å². The van der Waals surface area contributed by atoms with E-state index < -0.39 is 6.04 Å². The zero-order valence-corrected chi connectivity index (χ0v) is 15.6. The van der Waals surface area contributed by atoms with Crippen molar-refractivity contribution < 1.29 is 9.59 Å². The van der Waals surface area contributed by atoms with E-state index >= 15 is 0 Å². The maximum Gasteiger partial charge on any atom is 0.251 e. The van der Waals surface area contributed by atoms with Crippen molar-refractivity contribution in [2.45, 2.75) is 45.7 Å². The van der Waals surface area contributed by atoms with Crippen LogP contribution >= 0.6 is 0 Å². The van der Waals surface area contributed by atoms with E-state index in [1.807, 2.05) is 33.0 Å². The number of nitrogens with zero attached hydrogens (tertiary/aromatic N) is 2. The van der Waals surface area contributed by atoms with Crippen LogP contribution in [0.15, 0.2) is 24.3 Å². The van der Waals surface area contributed by atoms with Gasteiger partial charge in [-0.3, -0.25) is 14.3 Å². The van der Waals surface area contributed by atoms with Crippen molar-refractivity contribution in [3.8, 4) is 0 Å². The average Bonchev–Trinajstić information content (AvgIpc) is 3.38. The van der Waals surface area contributed by atoms with Gasteiger partial charge in [-0.1, -0.05) is 6.07 Å². The molecule has 1 aliphatic carbocycles. The van der Waals surface area contributed by atoms with Crippen molar-refractivity contribution in [1.82, 2.24) is 15.1 Å². The highest BCUT2D eigenvalue weighted by molar-refractivity contribution is 5.98. The van der Waals surface area contributed by atoms with Gasteiger partial charge in [0.25, 0.3) is 5.91 Å². The Bertz CT molecular complexity index is 838. The van der Waals surface area contributed by atoms with Crippen molar-refractivity contribution in [3.63, 3.8) is 0 Å². The number of amides is 2. The predicted octanol–water partition coefficient (Wildman–Crippen LogP) is 2.37. The van der Waals surface area contributed by atoms with Crippen molar-refractivity contribution in [1.29, 1.82) is 0 Å². The van der Waals surface area contributed by atoms with Gasteiger partial charge in [-0.05, 0) is 51.8 Å². The maximum absolute atomic E-state index is 12.5. The molecule has 1 aromatic carbocycles. The quantitative estimate of drug-likeness (QED) is 0.742. The van der Waals surface area contributed by atoms with Gasteiger partial charge in [-0.2, -0.15) is 5.10 Å². The molecule has 0 spiro atoms. The molecule has 2 amide bonds. The standard InChI is InChI=1S/C19H25N5O2/c1-11-17(13(3)24(4)23-11)22-18(25)12(2)20-16-7-5-6-14(10-16)19(26)21-15-8-9-15/h5-7,10,12,15,20H,8-9H2,1-4H3,(H,21,26)(H,22,25)/t12-/m1/s1. The van der Waals surface area contributed by atoms with Gasteiger partial charge in [0.15, 0.2) is 0 Å². The van der Waals surface area contributed by atoms with E-state index in [0.717, 1.165) is 35.6 Å². The van der Waals surface area contributed by atoms with Crippen LogP contribution in [0.1, 0.15) is 41.5 Å². The maximum atomic E-state index is 12.5. The smallest absolute Gasteiger partial charge is 0.251 e. The topological polar surface area (TPSA) is 88.1 Å². The number of hydrogen-bond donors (Lipinski definition) is 3. The number of hydrogen-bond acceptors (Lipinski definition) is 4. The van der Waals surface area contributed by atoms with Crippen LogP contribution < -0.4 is 16.0 Å². The number of aryl methyl sites for hydroxylation is 2. The van der Waals surface area contributed by atoms with E-state index in [2.05, 4.69) is 21.0 Å². The first-order valence-corrected chi connectivity index (χ1v) is 8.83. The summed E-state index contributed by atoms with van der Waals surface area (Å²) in [7, 11) is 1.85. The largest absolute Gasteiger partial charge is 0.374 e. The Hall–Kier alpha value is -2.83. The molecular weight excluding hydrogens is 330 g/mol. The molecule has 0 aliphatic heterocycles. The summed E-state index contributed by atoms with van der Waals surface area (Å²) in [5, 5.41) is 13.3. The van der Waals surface area contributed by atoms with Crippen LogP contribution in [-0.4, -0.2) is 33.7 Å². The first-order chi connectivity index (χ1) is 12.3. The molecule has 26 heavy (non-hydrogen) atoms. The number of benzene rings is 1. The molecule has 1 saturated carbocycles. The summed E-state index contributed by atoms with van der Waals surface area (Å²) in [5.74, 6) is -0.230. The third kappa shape index (κ3) is 4.04. The summed E-state index contributed by atoms with van der Waals surface area (Å²) < 4.78 is 1.74. The summed E-state index contributed by atoms with van der Waals surface area (Å²) in [6.07, 6.45) is 2.10. The van der Waals surface area contributed by atoms with Crippen molar-refractivity contribution >= 4 is 23.2 Å². The van der Waals surface area contributed by atoms with Gasteiger partial charge in [0.2, 0.25) is 5.91 Å². The fraction of sp³-hybridized carbons (Fsp3) is 0.421. The number of carbonyl (C=O) groups excluding carboxylic acids is 2. The van der Waals surface area contributed by atoms with Gasteiger partial charge in [0.05, 0.1) is 17.1 Å². The Morgan fingerprint density at radius 3 is 2.62 bits per heavy atom. The summed E-state index contributed by atoms with van der Waals surface area (Å²) in [4.78, 5) is 24.7. The number of rotatable bonds is 6. The second kappa shape index (κ2) is 7.19. The fourth-order valence-electron chi connectivity index (χ4n) is 2.75. The lowest BCUT2D eigenvalue weighted by Gasteiger charge is -2.16. The zero-order chi connectivity index (χ0) is 18.8. The number of aromatic nitrogens is 2. The molecule has 2 aromatic rings. The van der Waals surface area contributed by atoms with Gasteiger partial charge in [-0.15, -0.1) is 0 Å². The summed E-state index contributed by atoms with van der Waals surface area (Å²) in [6, 6.07) is 7.05. The van der Waals surface area contributed by atoms with E-state index in [1.165, 1.54) is 0 Å². The Morgan fingerprint density at radius 1 is 1.27 bits per heavy atom. The Balaban J connectivity index is 1.64. The average molecular weight is 355 g/mol. The molecule has 1 aliphatic rings. The number of anilines is 2. The van der Waals surface area contributed by atoms with Crippen molar-refractivity contribution in [2.24, 2.45) is 7.05 Å². The molecule has 3 rings (SSSR count). The molecule has 7 heteroatoms. The molecule has 3 N–H and O–H groups in total. The Morgan fingerprint density at radius 2 is 2.00 bits per heavy atom. The second-order valence-electron chi connectivity index (χ2n) is 6.85. The summed E-state index contributed by atoms with van der Waals surface area (Å²) in [5.41, 5.74) is 3.75. The fourth-order valence-corrected chi connectivity index (χ4v) is 2.75. The van der Waals surface area contributed by atoms with Crippen LogP contribution in [0.2, 0.25) is 0 Å². The van der Waals surface area contributed by atoms with E-state index in [9.17, 15) is 9.59 Å². The Kier molecular flexibility index (Phi) is 4.97. The monoisotopic (exact) mass is 355 g/mol. The molecule has 1 heterocycles. The SMILES string of the molecule is Cc1nn(C)c(C)c1NC(=O)[C@@H](C)Nc1cccc(C(=O)NC2CC2)c1.